The lowest BCUT2D eigenvalue weighted by Crippen LogP contribution is -2.47. The van der Waals surface area contributed by atoms with Crippen molar-refractivity contribution in [2.45, 2.75) is 76.8 Å². The van der Waals surface area contributed by atoms with Gasteiger partial charge in [-0.3, -0.25) is 4.79 Å². The SMILES string of the molecule is CCC1CCCC(NC(=O)C2CCCCC2N)C1. The number of nitrogens with one attached hydrogen (secondary N) is 1. The van der Waals surface area contributed by atoms with E-state index < -0.39 is 0 Å². The van der Waals surface area contributed by atoms with Crippen LogP contribution in [-0.4, -0.2) is 18.0 Å². The zero-order chi connectivity index (χ0) is 13.0. The van der Waals surface area contributed by atoms with Crippen LogP contribution in [-0.2, 0) is 4.79 Å². The summed E-state index contributed by atoms with van der Waals surface area (Å²) in [4.78, 5) is 12.3. The predicted molar refractivity (Wildman–Crippen MR) is 74.1 cm³/mol. The molecule has 4 atom stereocenters. The molecule has 0 heterocycles. The number of amides is 1. The van der Waals surface area contributed by atoms with Crippen LogP contribution in [0, 0.1) is 11.8 Å². The molecule has 0 spiro atoms. The van der Waals surface area contributed by atoms with Crippen LogP contribution in [0.3, 0.4) is 0 Å². The second-order valence-electron chi connectivity index (χ2n) is 6.20. The molecule has 3 nitrogen and oxygen atoms in total. The van der Waals surface area contributed by atoms with Crippen LogP contribution in [0.1, 0.15) is 64.7 Å². The van der Waals surface area contributed by atoms with E-state index in [-0.39, 0.29) is 17.9 Å². The van der Waals surface area contributed by atoms with Gasteiger partial charge in [0.2, 0.25) is 5.91 Å². The molecule has 0 saturated heterocycles. The minimum atomic E-state index is 0.0701. The minimum absolute atomic E-state index is 0.0701. The Morgan fingerprint density at radius 2 is 1.94 bits per heavy atom. The van der Waals surface area contributed by atoms with Crippen molar-refractivity contribution in [2.75, 3.05) is 0 Å². The fourth-order valence-electron chi connectivity index (χ4n) is 3.59. The molecule has 0 radical (unpaired) electrons. The van der Waals surface area contributed by atoms with Gasteiger partial charge in [0.1, 0.15) is 0 Å². The third-order valence-electron chi connectivity index (χ3n) is 4.86. The number of nitrogens with two attached hydrogens (primary N) is 1. The van der Waals surface area contributed by atoms with E-state index in [4.69, 9.17) is 5.73 Å². The van der Waals surface area contributed by atoms with Crippen LogP contribution in [0.25, 0.3) is 0 Å². The average Bonchev–Trinajstić information content (AvgIpc) is 2.39. The van der Waals surface area contributed by atoms with E-state index >= 15 is 0 Å². The van der Waals surface area contributed by atoms with Gasteiger partial charge in [-0.1, -0.05) is 39.0 Å². The maximum Gasteiger partial charge on any atom is 0.224 e. The van der Waals surface area contributed by atoms with E-state index in [0.29, 0.717) is 6.04 Å². The third-order valence-corrected chi connectivity index (χ3v) is 4.86. The molecule has 2 saturated carbocycles. The Labute approximate surface area is 111 Å². The van der Waals surface area contributed by atoms with Gasteiger partial charge < -0.3 is 11.1 Å². The van der Waals surface area contributed by atoms with Crippen LogP contribution >= 0.6 is 0 Å². The van der Waals surface area contributed by atoms with Gasteiger partial charge in [-0.25, -0.2) is 0 Å². The Morgan fingerprint density at radius 3 is 2.67 bits per heavy atom. The highest BCUT2D eigenvalue weighted by molar-refractivity contribution is 5.79. The molecule has 0 aromatic heterocycles. The topological polar surface area (TPSA) is 55.1 Å². The molecule has 18 heavy (non-hydrogen) atoms. The number of hydrogen-bond acceptors (Lipinski definition) is 2. The van der Waals surface area contributed by atoms with Crippen molar-refractivity contribution in [3.8, 4) is 0 Å². The summed E-state index contributed by atoms with van der Waals surface area (Å²) < 4.78 is 0. The molecule has 0 aliphatic heterocycles. The second-order valence-corrected chi connectivity index (χ2v) is 6.20. The molecule has 2 rings (SSSR count). The van der Waals surface area contributed by atoms with E-state index in [0.717, 1.165) is 31.6 Å². The third kappa shape index (κ3) is 3.47. The van der Waals surface area contributed by atoms with Gasteiger partial charge in [0, 0.05) is 12.1 Å². The molecule has 2 aliphatic rings. The largest absolute Gasteiger partial charge is 0.353 e. The van der Waals surface area contributed by atoms with Crippen molar-refractivity contribution >= 4 is 5.91 Å². The number of carbonyl (C=O) groups excluding carboxylic acids is 1. The summed E-state index contributed by atoms with van der Waals surface area (Å²) in [6.45, 7) is 2.26. The summed E-state index contributed by atoms with van der Waals surface area (Å²) in [5.41, 5.74) is 6.08. The Morgan fingerprint density at radius 1 is 1.17 bits per heavy atom. The van der Waals surface area contributed by atoms with Gasteiger partial charge >= 0.3 is 0 Å². The first-order valence-corrected chi connectivity index (χ1v) is 7.76. The fourth-order valence-corrected chi connectivity index (χ4v) is 3.59. The van der Waals surface area contributed by atoms with E-state index in [1.165, 1.54) is 32.1 Å². The van der Waals surface area contributed by atoms with E-state index in [1.807, 2.05) is 0 Å². The molecular formula is C15H28N2O. The molecular weight excluding hydrogens is 224 g/mol. The molecule has 0 bridgehead atoms. The predicted octanol–water partition coefficient (Wildman–Crippen LogP) is 2.59. The molecule has 0 aromatic carbocycles. The molecule has 1 amide bonds. The smallest absolute Gasteiger partial charge is 0.224 e. The Kier molecular flexibility index (Phi) is 5.04. The summed E-state index contributed by atoms with van der Waals surface area (Å²) in [5.74, 6) is 1.11. The van der Waals surface area contributed by atoms with Gasteiger partial charge in [-0.05, 0) is 31.6 Å². The summed E-state index contributed by atoms with van der Waals surface area (Å²) in [6, 6.07) is 0.495. The van der Waals surface area contributed by atoms with Crippen molar-refractivity contribution in [2.24, 2.45) is 17.6 Å². The second kappa shape index (κ2) is 6.55. The maximum absolute atomic E-state index is 12.3. The van der Waals surface area contributed by atoms with Crippen molar-refractivity contribution in [1.82, 2.24) is 5.32 Å². The van der Waals surface area contributed by atoms with Crippen molar-refractivity contribution in [1.29, 1.82) is 0 Å². The first kappa shape index (κ1) is 13.9. The minimum Gasteiger partial charge on any atom is -0.353 e. The number of hydrogen-bond donors (Lipinski definition) is 2. The first-order valence-electron chi connectivity index (χ1n) is 7.76. The zero-order valence-electron chi connectivity index (χ0n) is 11.7. The molecule has 3 heteroatoms. The molecule has 0 aromatic rings. The summed E-state index contributed by atoms with van der Waals surface area (Å²) in [7, 11) is 0. The Hall–Kier alpha value is -0.570. The highest BCUT2D eigenvalue weighted by Gasteiger charge is 2.30. The van der Waals surface area contributed by atoms with Crippen LogP contribution in [0.4, 0.5) is 0 Å². The number of rotatable bonds is 3. The van der Waals surface area contributed by atoms with Crippen LogP contribution in [0.5, 0.6) is 0 Å². The fraction of sp³-hybridized carbons (Fsp3) is 0.933. The summed E-state index contributed by atoms with van der Waals surface area (Å²) >= 11 is 0. The van der Waals surface area contributed by atoms with Gasteiger partial charge in [0.05, 0.1) is 5.92 Å². The first-order chi connectivity index (χ1) is 8.70. The van der Waals surface area contributed by atoms with E-state index in [9.17, 15) is 4.79 Å². The summed E-state index contributed by atoms with van der Waals surface area (Å²) in [6.07, 6.45) is 10.5. The van der Waals surface area contributed by atoms with Gasteiger partial charge in [0.15, 0.2) is 0 Å². The molecule has 104 valence electrons. The number of carbonyl (C=O) groups is 1. The molecule has 2 fully saturated rings. The van der Waals surface area contributed by atoms with Crippen LogP contribution in [0.15, 0.2) is 0 Å². The lowest BCUT2D eigenvalue weighted by atomic mass is 9.82. The Balaban J connectivity index is 1.82. The van der Waals surface area contributed by atoms with Crippen molar-refractivity contribution < 1.29 is 4.79 Å². The molecule has 4 unspecified atom stereocenters. The monoisotopic (exact) mass is 252 g/mol. The van der Waals surface area contributed by atoms with Crippen molar-refractivity contribution in [3.63, 3.8) is 0 Å². The average molecular weight is 252 g/mol. The van der Waals surface area contributed by atoms with Gasteiger partial charge in [-0.2, -0.15) is 0 Å². The molecule has 2 aliphatic carbocycles. The highest BCUT2D eigenvalue weighted by atomic mass is 16.2. The van der Waals surface area contributed by atoms with E-state index in [2.05, 4.69) is 12.2 Å². The maximum atomic E-state index is 12.3. The Bertz CT molecular complexity index is 280. The zero-order valence-corrected chi connectivity index (χ0v) is 11.7. The summed E-state index contributed by atoms with van der Waals surface area (Å²) in [5, 5.41) is 3.26. The van der Waals surface area contributed by atoms with Crippen LogP contribution in [0.2, 0.25) is 0 Å². The standard InChI is InChI=1S/C15H28N2O/c1-2-11-6-5-7-12(10-11)17-15(18)13-8-3-4-9-14(13)16/h11-14H,2-10,16H2,1H3,(H,17,18). The quantitative estimate of drug-likeness (QED) is 0.811. The van der Waals surface area contributed by atoms with Gasteiger partial charge in [0.25, 0.3) is 0 Å². The lowest BCUT2D eigenvalue weighted by molar-refractivity contribution is -0.127. The van der Waals surface area contributed by atoms with Gasteiger partial charge in [-0.15, -0.1) is 0 Å². The highest BCUT2D eigenvalue weighted by Crippen LogP contribution is 2.28. The molecule has 3 N–H and O–H groups in total. The van der Waals surface area contributed by atoms with Crippen LogP contribution < -0.4 is 11.1 Å². The van der Waals surface area contributed by atoms with E-state index in [1.54, 1.807) is 0 Å². The normalized spacial score (nSPS) is 37.2. The van der Waals surface area contributed by atoms with Crippen molar-refractivity contribution in [3.05, 3.63) is 0 Å². The lowest BCUT2D eigenvalue weighted by Gasteiger charge is -2.33.